The minimum atomic E-state index is -0.00742. The second-order valence-corrected chi connectivity index (χ2v) is 7.99. The average Bonchev–Trinajstić information content (AvgIpc) is 3.26. The Labute approximate surface area is 180 Å². The molecule has 0 saturated heterocycles. The van der Waals surface area contributed by atoms with Gasteiger partial charge in [0.2, 0.25) is 5.71 Å². The maximum atomic E-state index is 6.06. The molecule has 0 radical (unpaired) electrons. The van der Waals surface area contributed by atoms with Gasteiger partial charge in [0.15, 0.2) is 11.6 Å². The third kappa shape index (κ3) is 2.64. The van der Waals surface area contributed by atoms with E-state index in [0.29, 0.717) is 5.71 Å². The Kier molecular flexibility index (Phi) is 3.83. The monoisotopic (exact) mass is 408 g/mol. The lowest BCUT2D eigenvalue weighted by Gasteiger charge is -2.39. The summed E-state index contributed by atoms with van der Waals surface area (Å²) in [7, 11) is 0. The highest BCUT2D eigenvalue weighted by molar-refractivity contribution is 6.70. The molecule has 3 aromatic heterocycles. The first-order valence-corrected chi connectivity index (χ1v) is 10.4. The van der Waals surface area contributed by atoms with Gasteiger partial charge in [-0.2, -0.15) is 0 Å². The van der Waals surface area contributed by atoms with Crippen molar-refractivity contribution in [3.8, 4) is 0 Å². The van der Waals surface area contributed by atoms with Crippen molar-refractivity contribution in [3.63, 3.8) is 0 Å². The lowest BCUT2D eigenvalue weighted by molar-refractivity contribution is 0.491. The van der Waals surface area contributed by atoms with Crippen LogP contribution in [-0.4, -0.2) is 32.9 Å². The summed E-state index contributed by atoms with van der Waals surface area (Å²) in [5.41, 5.74) is 3.57. The van der Waals surface area contributed by atoms with E-state index in [1.54, 1.807) is 12.4 Å². The fourth-order valence-corrected chi connectivity index (χ4v) is 4.52. The molecule has 0 bridgehead atoms. The zero-order valence-electron chi connectivity index (χ0n) is 17.6. The molecule has 0 spiro atoms. The van der Waals surface area contributed by atoms with Crippen molar-refractivity contribution in [2.45, 2.75) is 26.8 Å². The van der Waals surface area contributed by atoms with Crippen LogP contribution in [0.1, 0.15) is 12.6 Å². The van der Waals surface area contributed by atoms with Crippen LogP contribution >= 0.6 is 0 Å². The summed E-state index contributed by atoms with van der Waals surface area (Å²) in [6.45, 7) is 6.37. The van der Waals surface area contributed by atoms with Gasteiger partial charge in [-0.3, -0.25) is 5.01 Å². The van der Waals surface area contributed by atoms with Gasteiger partial charge in [0, 0.05) is 40.6 Å². The van der Waals surface area contributed by atoms with Gasteiger partial charge in [0.05, 0.1) is 0 Å². The predicted molar refractivity (Wildman–Crippen MR) is 123 cm³/mol. The van der Waals surface area contributed by atoms with Crippen LogP contribution in [0.2, 0.25) is 6.82 Å². The zero-order chi connectivity index (χ0) is 21.1. The highest BCUT2D eigenvalue weighted by Crippen LogP contribution is 2.42. The molecule has 6 rings (SSSR count). The smallest absolute Gasteiger partial charge is 0.306 e. The Morgan fingerprint density at radius 1 is 1.00 bits per heavy atom. The number of para-hydroxylation sites is 1. The quantitative estimate of drug-likeness (QED) is 0.473. The van der Waals surface area contributed by atoms with E-state index in [-0.39, 0.29) is 13.0 Å². The summed E-state index contributed by atoms with van der Waals surface area (Å²) in [4.78, 5) is 18.4. The Balaban J connectivity index is 1.52. The second-order valence-electron chi connectivity index (χ2n) is 7.99. The van der Waals surface area contributed by atoms with Crippen molar-refractivity contribution in [3.05, 3.63) is 71.2 Å². The van der Waals surface area contributed by atoms with Crippen molar-refractivity contribution in [2.75, 3.05) is 9.91 Å². The summed E-state index contributed by atoms with van der Waals surface area (Å²) in [6.07, 6.45) is 5.63. The van der Waals surface area contributed by atoms with Gasteiger partial charge in [-0.05, 0) is 44.1 Å². The predicted octanol–water partition coefficient (Wildman–Crippen LogP) is 2.84. The van der Waals surface area contributed by atoms with E-state index < -0.39 is 0 Å². The topological polar surface area (TPSA) is 61.5 Å². The lowest BCUT2D eigenvalue weighted by atomic mass is 9.63. The summed E-state index contributed by atoms with van der Waals surface area (Å²) in [5, 5.41) is 4.26. The standard InChI is InChI=1S/C23H21BN6O/c1-15-9-10-18-19-14-28(24(3)13-20(19)31-23(18)27-15)30-16(2)29(17-7-5-4-6-8-17)21-22(30)26-12-11-25-21/h4-14,16H,1-3H3/t16-/m0/s1. The van der Waals surface area contributed by atoms with Gasteiger partial charge in [-0.1, -0.05) is 25.0 Å². The van der Waals surface area contributed by atoms with Crippen molar-refractivity contribution < 1.29 is 4.42 Å². The molecule has 5 heterocycles. The molecule has 0 unspecified atom stereocenters. The number of hydrogen-bond donors (Lipinski definition) is 0. The van der Waals surface area contributed by atoms with E-state index in [9.17, 15) is 0 Å². The first-order valence-electron chi connectivity index (χ1n) is 10.4. The summed E-state index contributed by atoms with van der Waals surface area (Å²) in [6, 6.07) is 14.4. The lowest BCUT2D eigenvalue weighted by Crippen LogP contribution is -2.55. The molecule has 1 aromatic carbocycles. The van der Waals surface area contributed by atoms with Gasteiger partial charge in [0.25, 0.3) is 0 Å². The molecule has 2 aliphatic rings. The molecule has 0 N–H and O–H groups in total. The number of anilines is 3. The Hall–Kier alpha value is -3.81. The third-order valence-electron chi connectivity index (χ3n) is 5.95. The number of hydrogen-bond acceptors (Lipinski definition) is 7. The zero-order valence-corrected chi connectivity index (χ0v) is 17.6. The number of hydrazine groups is 1. The van der Waals surface area contributed by atoms with E-state index in [0.717, 1.165) is 39.0 Å². The Morgan fingerprint density at radius 3 is 2.58 bits per heavy atom. The van der Waals surface area contributed by atoms with Crippen LogP contribution in [-0.2, 0) is 0 Å². The van der Waals surface area contributed by atoms with Gasteiger partial charge >= 0.3 is 6.85 Å². The SMILES string of the molecule is CB1C=c2oc3nc(C)ccc3c2=CN1N1c2nccnc2N(c2ccccc2)[C@@H]1C. The van der Waals surface area contributed by atoms with Gasteiger partial charge < -0.3 is 14.2 Å². The average molecular weight is 408 g/mol. The van der Waals surface area contributed by atoms with Gasteiger partial charge in [-0.25, -0.2) is 15.0 Å². The largest absolute Gasteiger partial charge is 0.439 e. The van der Waals surface area contributed by atoms with Gasteiger partial charge in [-0.15, -0.1) is 0 Å². The fourth-order valence-electron chi connectivity index (χ4n) is 4.52. The minimum Gasteiger partial charge on any atom is -0.439 e. The molecule has 0 aliphatic carbocycles. The van der Waals surface area contributed by atoms with Crippen LogP contribution in [0.3, 0.4) is 0 Å². The van der Waals surface area contributed by atoms with Crippen molar-refractivity contribution >= 4 is 47.4 Å². The van der Waals surface area contributed by atoms with Crippen LogP contribution in [0.15, 0.2) is 59.3 Å². The van der Waals surface area contributed by atoms with Gasteiger partial charge in [0.1, 0.15) is 11.6 Å². The molecule has 31 heavy (non-hydrogen) atoms. The summed E-state index contributed by atoms with van der Waals surface area (Å²) >= 11 is 0. The molecule has 0 amide bonds. The van der Waals surface area contributed by atoms with E-state index in [4.69, 9.17) is 9.40 Å². The summed E-state index contributed by atoms with van der Waals surface area (Å²) < 4.78 is 6.06. The Morgan fingerprint density at radius 2 is 1.77 bits per heavy atom. The van der Waals surface area contributed by atoms with E-state index in [1.807, 2.05) is 31.2 Å². The molecule has 4 aromatic rings. The van der Waals surface area contributed by atoms with E-state index >= 15 is 0 Å². The first-order chi connectivity index (χ1) is 15.1. The van der Waals surface area contributed by atoms with Crippen LogP contribution in [0.4, 0.5) is 17.3 Å². The highest BCUT2D eigenvalue weighted by atomic mass is 16.3. The second kappa shape index (κ2) is 6.60. The summed E-state index contributed by atoms with van der Waals surface area (Å²) in [5.74, 6) is 3.82. The third-order valence-corrected chi connectivity index (χ3v) is 5.95. The van der Waals surface area contributed by atoms with Crippen molar-refractivity contribution in [2.24, 2.45) is 0 Å². The molecular weight excluding hydrogens is 387 g/mol. The molecule has 1 atom stereocenters. The number of pyridine rings is 1. The molecular formula is C23H21BN6O. The molecule has 152 valence electrons. The van der Waals surface area contributed by atoms with Crippen molar-refractivity contribution in [1.29, 1.82) is 0 Å². The number of fused-ring (bicyclic) bond motifs is 4. The first kappa shape index (κ1) is 18.0. The van der Waals surface area contributed by atoms with Crippen LogP contribution in [0.25, 0.3) is 23.3 Å². The molecule has 8 heteroatoms. The number of furan rings is 1. The number of benzene rings is 1. The van der Waals surface area contributed by atoms with Crippen LogP contribution in [0, 0.1) is 6.92 Å². The normalized spacial score (nSPS) is 17.5. The van der Waals surface area contributed by atoms with E-state index in [1.165, 1.54) is 0 Å². The number of aryl methyl sites for hydroxylation is 1. The maximum absolute atomic E-state index is 6.06. The Bertz CT molecular complexity index is 1420. The molecule has 0 fully saturated rings. The molecule has 0 saturated carbocycles. The number of nitrogens with zero attached hydrogens (tertiary/aromatic N) is 6. The van der Waals surface area contributed by atoms with E-state index in [2.05, 4.69) is 68.9 Å². The molecule has 7 nitrogen and oxygen atoms in total. The van der Waals surface area contributed by atoms with Crippen molar-refractivity contribution in [1.82, 2.24) is 19.9 Å². The van der Waals surface area contributed by atoms with Crippen LogP contribution in [0.5, 0.6) is 0 Å². The minimum absolute atomic E-state index is 0.00742. The highest BCUT2D eigenvalue weighted by Gasteiger charge is 2.41. The number of aromatic nitrogens is 3. The maximum Gasteiger partial charge on any atom is 0.306 e. The number of rotatable bonds is 2. The molecule has 2 aliphatic heterocycles. The van der Waals surface area contributed by atoms with Crippen LogP contribution < -0.4 is 20.5 Å². The fraction of sp³-hybridized carbons (Fsp3) is 0.174.